The fraction of sp³-hybridized carbons (Fsp3) is 0.188. The highest BCUT2D eigenvalue weighted by atomic mass is 79.9. The molecule has 5 heteroatoms. The Hall–Kier alpha value is -1.72. The molecule has 0 aliphatic rings. The quantitative estimate of drug-likeness (QED) is 0.869. The third-order valence-electron chi connectivity index (χ3n) is 3.06. The van der Waals surface area contributed by atoms with E-state index in [2.05, 4.69) is 21.2 Å². The van der Waals surface area contributed by atoms with Gasteiger partial charge in [-0.2, -0.15) is 0 Å². The molecule has 0 aromatic heterocycles. The number of aliphatic hydroxyl groups excluding tert-OH is 1. The molecule has 0 aliphatic heterocycles. The Morgan fingerprint density at radius 2 is 1.95 bits per heavy atom. The molecule has 0 saturated carbocycles. The molecule has 1 unspecified atom stereocenters. The molecule has 1 atom stereocenters. The van der Waals surface area contributed by atoms with Crippen LogP contribution in [-0.2, 0) is 6.42 Å². The molecule has 110 valence electrons. The highest BCUT2D eigenvalue weighted by Crippen LogP contribution is 2.17. The molecule has 0 heterocycles. The number of hydrogen-bond donors (Lipinski definition) is 2. The van der Waals surface area contributed by atoms with Crippen molar-refractivity contribution in [2.24, 2.45) is 0 Å². The van der Waals surface area contributed by atoms with E-state index in [1.807, 2.05) is 30.3 Å². The highest BCUT2D eigenvalue weighted by molar-refractivity contribution is 9.10. The maximum atomic E-state index is 13.2. The van der Waals surface area contributed by atoms with Crippen molar-refractivity contribution >= 4 is 21.8 Å². The predicted octanol–water partition coefficient (Wildman–Crippen LogP) is 2.92. The molecule has 2 aromatic rings. The SMILES string of the molecule is O=C(NC(CO)Cc1ccccc1)c1ccc(F)c(Br)c1. The Bertz CT molecular complexity index is 619. The van der Waals surface area contributed by atoms with Gasteiger partial charge >= 0.3 is 0 Å². The number of carbonyl (C=O) groups excluding carboxylic acids is 1. The van der Waals surface area contributed by atoms with Crippen LogP contribution >= 0.6 is 15.9 Å². The molecule has 2 aromatic carbocycles. The van der Waals surface area contributed by atoms with Crippen molar-refractivity contribution in [2.45, 2.75) is 12.5 Å². The minimum Gasteiger partial charge on any atom is -0.394 e. The van der Waals surface area contributed by atoms with Crippen molar-refractivity contribution in [1.29, 1.82) is 0 Å². The van der Waals surface area contributed by atoms with Crippen LogP contribution in [0.4, 0.5) is 4.39 Å². The molecule has 0 radical (unpaired) electrons. The van der Waals surface area contributed by atoms with Gasteiger partial charge in [0.2, 0.25) is 0 Å². The largest absolute Gasteiger partial charge is 0.394 e. The fourth-order valence-electron chi connectivity index (χ4n) is 1.97. The Labute approximate surface area is 130 Å². The summed E-state index contributed by atoms with van der Waals surface area (Å²) in [4.78, 5) is 12.1. The second-order valence-corrected chi connectivity index (χ2v) is 5.53. The van der Waals surface area contributed by atoms with Gasteiger partial charge in [-0.1, -0.05) is 30.3 Å². The van der Waals surface area contributed by atoms with E-state index in [0.29, 0.717) is 12.0 Å². The minimum absolute atomic E-state index is 0.164. The number of amides is 1. The van der Waals surface area contributed by atoms with E-state index in [1.165, 1.54) is 18.2 Å². The lowest BCUT2D eigenvalue weighted by atomic mass is 10.1. The predicted molar refractivity (Wildman–Crippen MR) is 82.6 cm³/mol. The highest BCUT2D eigenvalue weighted by Gasteiger charge is 2.14. The van der Waals surface area contributed by atoms with E-state index in [0.717, 1.165) is 5.56 Å². The van der Waals surface area contributed by atoms with Gasteiger partial charge in [0.25, 0.3) is 5.91 Å². The van der Waals surface area contributed by atoms with E-state index in [-0.39, 0.29) is 23.0 Å². The third-order valence-corrected chi connectivity index (χ3v) is 3.67. The van der Waals surface area contributed by atoms with E-state index in [4.69, 9.17) is 0 Å². The lowest BCUT2D eigenvalue weighted by Gasteiger charge is -2.16. The maximum absolute atomic E-state index is 13.2. The number of benzene rings is 2. The first-order chi connectivity index (χ1) is 10.1. The van der Waals surface area contributed by atoms with Gasteiger partial charge in [-0.25, -0.2) is 4.39 Å². The number of aliphatic hydroxyl groups is 1. The van der Waals surface area contributed by atoms with Gasteiger partial charge in [0.15, 0.2) is 0 Å². The molecule has 3 nitrogen and oxygen atoms in total. The van der Waals surface area contributed by atoms with Crippen LogP contribution in [-0.4, -0.2) is 23.7 Å². The Kier molecular flexibility index (Phi) is 5.47. The van der Waals surface area contributed by atoms with E-state index in [1.54, 1.807) is 0 Å². The van der Waals surface area contributed by atoms with E-state index >= 15 is 0 Å². The van der Waals surface area contributed by atoms with Crippen LogP contribution in [0.2, 0.25) is 0 Å². The van der Waals surface area contributed by atoms with Crippen molar-refractivity contribution in [2.75, 3.05) is 6.61 Å². The van der Waals surface area contributed by atoms with Gasteiger partial charge in [0.05, 0.1) is 17.1 Å². The van der Waals surface area contributed by atoms with Crippen LogP contribution in [0.3, 0.4) is 0 Å². The van der Waals surface area contributed by atoms with Crippen molar-refractivity contribution in [3.8, 4) is 0 Å². The van der Waals surface area contributed by atoms with Crippen LogP contribution in [0.15, 0.2) is 53.0 Å². The van der Waals surface area contributed by atoms with Gasteiger partial charge < -0.3 is 10.4 Å². The van der Waals surface area contributed by atoms with Gasteiger partial charge in [-0.15, -0.1) is 0 Å². The number of nitrogens with one attached hydrogen (secondary N) is 1. The second-order valence-electron chi connectivity index (χ2n) is 4.67. The fourth-order valence-corrected chi connectivity index (χ4v) is 2.34. The molecular formula is C16H15BrFNO2. The van der Waals surface area contributed by atoms with Crippen molar-refractivity contribution in [3.05, 3.63) is 69.9 Å². The first-order valence-electron chi connectivity index (χ1n) is 6.51. The molecule has 2 N–H and O–H groups in total. The normalized spacial score (nSPS) is 12.0. The molecule has 0 aliphatic carbocycles. The zero-order chi connectivity index (χ0) is 15.2. The average Bonchev–Trinajstić information content (AvgIpc) is 2.50. The topological polar surface area (TPSA) is 49.3 Å². The summed E-state index contributed by atoms with van der Waals surface area (Å²) in [6.07, 6.45) is 0.533. The van der Waals surface area contributed by atoms with Crippen LogP contribution in [0.5, 0.6) is 0 Å². The summed E-state index contributed by atoms with van der Waals surface area (Å²) in [6, 6.07) is 13.3. The maximum Gasteiger partial charge on any atom is 0.251 e. The minimum atomic E-state index is -0.422. The van der Waals surface area contributed by atoms with Gasteiger partial charge in [0, 0.05) is 5.56 Å². The Balaban J connectivity index is 2.04. The number of rotatable bonds is 5. The smallest absolute Gasteiger partial charge is 0.251 e. The lowest BCUT2D eigenvalue weighted by Crippen LogP contribution is -2.39. The molecular weight excluding hydrogens is 337 g/mol. The standard InChI is InChI=1S/C16H15BrFNO2/c17-14-9-12(6-7-15(14)18)16(21)19-13(10-20)8-11-4-2-1-3-5-11/h1-7,9,13,20H,8,10H2,(H,19,21). The monoisotopic (exact) mass is 351 g/mol. The summed E-state index contributed by atoms with van der Waals surface area (Å²) in [5.41, 5.74) is 1.37. The first kappa shape index (κ1) is 15.7. The van der Waals surface area contributed by atoms with Crippen LogP contribution in [0.1, 0.15) is 15.9 Å². The zero-order valence-electron chi connectivity index (χ0n) is 11.2. The van der Waals surface area contributed by atoms with Crippen molar-refractivity contribution in [3.63, 3.8) is 0 Å². The zero-order valence-corrected chi connectivity index (χ0v) is 12.8. The van der Waals surface area contributed by atoms with Gasteiger partial charge in [0.1, 0.15) is 5.82 Å². The first-order valence-corrected chi connectivity index (χ1v) is 7.30. The molecule has 0 fully saturated rings. The molecule has 0 bridgehead atoms. The van der Waals surface area contributed by atoms with Crippen molar-refractivity contribution in [1.82, 2.24) is 5.32 Å². The Morgan fingerprint density at radius 3 is 2.57 bits per heavy atom. The van der Waals surface area contributed by atoms with Crippen LogP contribution < -0.4 is 5.32 Å². The van der Waals surface area contributed by atoms with Crippen molar-refractivity contribution < 1.29 is 14.3 Å². The lowest BCUT2D eigenvalue weighted by molar-refractivity contribution is 0.0916. The van der Waals surface area contributed by atoms with E-state index in [9.17, 15) is 14.3 Å². The molecule has 0 spiro atoms. The number of halogens is 2. The second kappa shape index (κ2) is 7.33. The third kappa shape index (κ3) is 4.37. The Morgan fingerprint density at radius 1 is 1.24 bits per heavy atom. The summed E-state index contributed by atoms with van der Waals surface area (Å²) in [5.74, 6) is -0.764. The molecule has 21 heavy (non-hydrogen) atoms. The molecule has 2 rings (SSSR count). The van der Waals surface area contributed by atoms with Crippen LogP contribution in [0, 0.1) is 5.82 Å². The number of hydrogen-bond acceptors (Lipinski definition) is 2. The van der Waals surface area contributed by atoms with Gasteiger partial charge in [-0.3, -0.25) is 4.79 Å². The van der Waals surface area contributed by atoms with Gasteiger partial charge in [-0.05, 0) is 46.1 Å². The summed E-state index contributed by atoms with van der Waals surface area (Å²) in [6.45, 7) is -0.164. The van der Waals surface area contributed by atoms with E-state index < -0.39 is 5.82 Å². The summed E-state index contributed by atoms with van der Waals surface area (Å²) in [7, 11) is 0. The van der Waals surface area contributed by atoms with Crippen LogP contribution in [0.25, 0.3) is 0 Å². The molecule has 0 saturated heterocycles. The molecule has 1 amide bonds. The number of carbonyl (C=O) groups is 1. The average molecular weight is 352 g/mol. The summed E-state index contributed by atoms with van der Waals surface area (Å²) < 4.78 is 13.4. The summed E-state index contributed by atoms with van der Waals surface area (Å²) in [5, 5.41) is 12.1. The summed E-state index contributed by atoms with van der Waals surface area (Å²) >= 11 is 3.05.